The second-order valence-electron chi connectivity index (χ2n) is 6.24. The SMILES string of the molecule is Cc1ccc2nc(NC(=O)COC3CCCC(C)C3)sc2c1. The van der Waals surface area contributed by atoms with Crippen molar-refractivity contribution in [1.82, 2.24) is 4.98 Å². The molecule has 4 nitrogen and oxygen atoms in total. The van der Waals surface area contributed by atoms with Gasteiger partial charge in [0.2, 0.25) is 0 Å². The first-order valence-electron chi connectivity index (χ1n) is 7.89. The van der Waals surface area contributed by atoms with Crippen LogP contribution in [0, 0.1) is 12.8 Å². The minimum atomic E-state index is -0.117. The number of rotatable bonds is 4. The van der Waals surface area contributed by atoms with E-state index in [0.29, 0.717) is 11.0 Å². The zero-order valence-corrected chi connectivity index (χ0v) is 13.9. The number of thiazole rings is 1. The zero-order chi connectivity index (χ0) is 15.5. The first-order chi connectivity index (χ1) is 10.6. The maximum absolute atomic E-state index is 12.0. The molecular weight excluding hydrogens is 296 g/mol. The Morgan fingerprint density at radius 1 is 1.45 bits per heavy atom. The number of nitrogens with zero attached hydrogens (tertiary/aromatic N) is 1. The van der Waals surface area contributed by atoms with Gasteiger partial charge in [0.15, 0.2) is 5.13 Å². The molecule has 3 rings (SSSR count). The van der Waals surface area contributed by atoms with Gasteiger partial charge in [-0.2, -0.15) is 0 Å². The molecule has 1 aliphatic rings. The molecule has 2 unspecified atom stereocenters. The van der Waals surface area contributed by atoms with E-state index in [4.69, 9.17) is 4.74 Å². The smallest absolute Gasteiger partial charge is 0.252 e. The molecule has 2 aromatic rings. The second kappa shape index (κ2) is 6.75. The number of nitrogens with one attached hydrogen (secondary N) is 1. The largest absolute Gasteiger partial charge is 0.368 e. The second-order valence-corrected chi connectivity index (χ2v) is 7.27. The Bertz CT molecular complexity index is 668. The van der Waals surface area contributed by atoms with E-state index < -0.39 is 0 Å². The van der Waals surface area contributed by atoms with Gasteiger partial charge in [0, 0.05) is 0 Å². The number of fused-ring (bicyclic) bond motifs is 1. The highest BCUT2D eigenvalue weighted by atomic mass is 32.1. The highest BCUT2D eigenvalue weighted by Crippen LogP contribution is 2.27. The standard InChI is InChI=1S/C17H22N2O2S/c1-11-4-3-5-13(8-11)21-10-16(20)19-17-18-14-7-6-12(2)9-15(14)22-17/h6-7,9,11,13H,3-5,8,10H2,1-2H3,(H,18,19,20). The molecule has 1 amide bonds. The number of ether oxygens (including phenoxy) is 1. The van der Waals surface area contributed by atoms with Crippen molar-refractivity contribution in [2.75, 3.05) is 11.9 Å². The van der Waals surface area contributed by atoms with Crippen LogP contribution in [0.1, 0.15) is 38.2 Å². The summed E-state index contributed by atoms with van der Waals surface area (Å²) >= 11 is 1.50. The quantitative estimate of drug-likeness (QED) is 0.922. The average Bonchev–Trinajstić information content (AvgIpc) is 2.86. The molecule has 22 heavy (non-hydrogen) atoms. The molecule has 118 valence electrons. The van der Waals surface area contributed by atoms with Crippen molar-refractivity contribution in [3.05, 3.63) is 23.8 Å². The predicted octanol–water partition coefficient (Wildman–Crippen LogP) is 4.14. The number of hydrogen-bond acceptors (Lipinski definition) is 4. The number of carbonyl (C=O) groups excluding carboxylic acids is 1. The highest BCUT2D eigenvalue weighted by Gasteiger charge is 2.20. The van der Waals surface area contributed by atoms with Crippen LogP contribution in [0.25, 0.3) is 10.2 Å². The van der Waals surface area contributed by atoms with Crippen LogP contribution in [0.15, 0.2) is 18.2 Å². The fourth-order valence-corrected chi connectivity index (χ4v) is 3.94. The van der Waals surface area contributed by atoms with Crippen LogP contribution in [0.3, 0.4) is 0 Å². The molecule has 1 aliphatic carbocycles. The molecule has 1 N–H and O–H groups in total. The number of aryl methyl sites for hydroxylation is 1. The van der Waals surface area contributed by atoms with E-state index in [1.54, 1.807) is 0 Å². The summed E-state index contributed by atoms with van der Waals surface area (Å²) in [6, 6.07) is 6.10. The minimum Gasteiger partial charge on any atom is -0.368 e. The molecule has 2 atom stereocenters. The molecule has 5 heteroatoms. The topological polar surface area (TPSA) is 51.2 Å². The van der Waals surface area contributed by atoms with Crippen molar-refractivity contribution in [3.63, 3.8) is 0 Å². The number of anilines is 1. The lowest BCUT2D eigenvalue weighted by molar-refractivity contribution is -0.123. The van der Waals surface area contributed by atoms with Crippen molar-refractivity contribution in [2.24, 2.45) is 5.92 Å². The lowest BCUT2D eigenvalue weighted by atomic mass is 9.89. The molecule has 0 aliphatic heterocycles. The predicted molar refractivity (Wildman–Crippen MR) is 90.4 cm³/mol. The summed E-state index contributed by atoms with van der Waals surface area (Å²) in [6.07, 6.45) is 4.83. The van der Waals surface area contributed by atoms with Crippen molar-refractivity contribution in [3.8, 4) is 0 Å². The van der Waals surface area contributed by atoms with E-state index in [9.17, 15) is 4.79 Å². The third-order valence-corrected chi connectivity index (χ3v) is 5.06. The molecule has 1 aromatic carbocycles. The average molecular weight is 318 g/mol. The van der Waals surface area contributed by atoms with Crippen molar-refractivity contribution in [1.29, 1.82) is 0 Å². The van der Waals surface area contributed by atoms with Gasteiger partial charge in [-0.05, 0) is 43.4 Å². The Balaban J connectivity index is 1.54. The maximum Gasteiger partial charge on any atom is 0.252 e. The van der Waals surface area contributed by atoms with Crippen LogP contribution in [-0.4, -0.2) is 23.6 Å². The molecule has 1 aromatic heterocycles. The summed E-state index contributed by atoms with van der Waals surface area (Å²) in [4.78, 5) is 16.4. The molecule has 0 saturated heterocycles. The zero-order valence-electron chi connectivity index (χ0n) is 13.1. The first kappa shape index (κ1) is 15.4. The number of amides is 1. The number of hydrogen-bond donors (Lipinski definition) is 1. The molecule has 1 saturated carbocycles. The van der Waals surface area contributed by atoms with Crippen LogP contribution in [-0.2, 0) is 9.53 Å². The third-order valence-electron chi connectivity index (χ3n) is 4.13. The van der Waals surface area contributed by atoms with Gasteiger partial charge >= 0.3 is 0 Å². The normalized spacial score (nSPS) is 21.9. The van der Waals surface area contributed by atoms with E-state index in [1.165, 1.54) is 29.7 Å². The molecule has 0 spiro atoms. The van der Waals surface area contributed by atoms with Crippen molar-refractivity contribution < 1.29 is 9.53 Å². The fourth-order valence-electron chi connectivity index (χ4n) is 2.96. The fraction of sp³-hybridized carbons (Fsp3) is 0.529. The Morgan fingerprint density at radius 2 is 2.32 bits per heavy atom. The van der Waals surface area contributed by atoms with Crippen molar-refractivity contribution in [2.45, 2.75) is 45.6 Å². The van der Waals surface area contributed by atoms with E-state index in [0.717, 1.165) is 23.1 Å². The summed E-state index contributed by atoms with van der Waals surface area (Å²) in [7, 11) is 0. The maximum atomic E-state index is 12.0. The molecule has 0 bridgehead atoms. The number of benzene rings is 1. The first-order valence-corrected chi connectivity index (χ1v) is 8.70. The van der Waals surface area contributed by atoms with Crippen LogP contribution < -0.4 is 5.32 Å². The van der Waals surface area contributed by atoms with E-state index in [2.05, 4.69) is 30.2 Å². The minimum absolute atomic E-state index is 0.117. The molecular formula is C17H22N2O2S. The lowest BCUT2D eigenvalue weighted by Crippen LogP contribution is -2.26. The van der Waals surface area contributed by atoms with Crippen molar-refractivity contribution >= 4 is 32.6 Å². The summed E-state index contributed by atoms with van der Waals surface area (Å²) in [5, 5.41) is 3.49. The third kappa shape index (κ3) is 3.84. The summed E-state index contributed by atoms with van der Waals surface area (Å²) in [6.45, 7) is 4.42. The molecule has 1 heterocycles. The number of aromatic nitrogens is 1. The van der Waals surface area contributed by atoms with Gasteiger partial charge in [-0.3, -0.25) is 10.1 Å². The van der Waals surface area contributed by atoms with Gasteiger partial charge in [-0.15, -0.1) is 0 Å². The van der Waals surface area contributed by atoms with Crippen LogP contribution in [0.5, 0.6) is 0 Å². The Labute approximate surface area is 134 Å². The van der Waals surface area contributed by atoms with Gasteiger partial charge in [0.1, 0.15) is 6.61 Å². The Kier molecular flexibility index (Phi) is 4.74. The monoisotopic (exact) mass is 318 g/mol. The van der Waals surface area contributed by atoms with Crippen LogP contribution >= 0.6 is 11.3 Å². The van der Waals surface area contributed by atoms with Gasteiger partial charge in [0.05, 0.1) is 16.3 Å². The Morgan fingerprint density at radius 3 is 3.14 bits per heavy atom. The van der Waals surface area contributed by atoms with Gasteiger partial charge < -0.3 is 4.74 Å². The highest BCUT2D eigenvalue weighted by molar-refractivity contribution is 7.22. The molecule has 0 radical (unpaired) electrons. The van der Waals surface area contributed by atoms with E-state index in [-0.39, 0.29) is 18.6 Å². The molecule has 1 fully saturated rings. The van der Waals surface area contributed by atoms with Gasteiger partial charge in [-0.25, -0.2) is 4.98 Å². The van der Waals surface area contributed by atoms with Gasteiger partial charge in [-0.1, -0.05) is 37.2 Å². The van der Waals surface area contributed by atoms with E-state index in [1.807, 2.05) is 12.1 Å². The number of carbonyl (C=O) groups is 1. The van der Waals surface area contributed by atoms with Crippen LogP contribution in [0.4, 0.5) is 5.13 Å². The summed E-state index contributed by atoms with van der Waals surface area (Å²) in [5.41, 5.74) is 2.12. The summed E-state index contributed by atoms with van der Waals surface area (Å²) < 4.78 is 6.84. The van der Waals surface area contributed by atoms with Gasteiger partial charge in [0.25, 0.3) is 5.91 Å². The van der Waals surface area contributed by atoms with E-state index >= 15 is 0 Å². The summed E-state index contributed by atoms with van der Waals surface area (Å²) in [5.74, 6) is 0.586. The van der Waals surface area contributed by atoms with Crippen LogP contribution in [0.2, 0.25) is 0 Å². The Hall–Kier alpha value is -1.46. The lowest BCUT2D eigenvalue weighted by Gasteiger charge is -2.26.